The van der Waals surface area contributed by atoms with Crippen LogP contribution in [0.15, 0.2) is 17.1 Å². The highest BCUT2D eigenvalue weighted by Gasteiger charge is 2.50. The zero-order valence-corrected chi connectivity index (χ0v) is 16.1. The lowest BCUT2D eigenvalue weighted by Gasteiger charge is -2.39. The molecule has 8 nitrogen and oxygen atoms in total. The Kier molecular flexibility index (Phi) is 3.86. The minimum atomic E-state index is -0.473. The molecule has 3 aliphatic rings. The van der Waals surface area contributed by atoms with E-state index in [1.165, 1.54) is 23.6 Å². The van der Waals surface area contributed by atoms with Crippen molar-refractivity contribution in [3.05, 3.63) is 33.9 Å². The molecule has 3 fully saturated rings. The molecule has 2 aromatic heterocycles. The molecule has 2 amide bonds. The maximum absolute atomic E-state index is 13.2. The first-order chi connectivity index (χ1) is 13.5. The summed E-state index contributed by atoms with van der Waals surface area (Å²) in [7, 11) is 0. The van der Waals surface area contributed by atoms with Gasteiger partial charge in [0.05, 0.1) is 5.41 Å². The second kappa shape index (κ2) is 6.18. The van der Waals surface area contributed by atoms with Gasteiger partial charge in [0.15, 0.2) is 5.65 Å². The van der Waals surface area contributed by atoms with E-state index in [1.807, 2.05) is 11.8 Å². The molecule has 2 aliphatic heterocycles. The van der Waals surface area contributed by atoms with Gasteiger partial charge in [-0.15, -0.1) is 0 Å². The molecule has 0 radical (unpaired) electrons. The third-order valence-corrected chi connectivity index (χ3v) is 6.49. The molecule has 1 N–H and O–H groups in total. The smallest absolute Gasteiger partial charge is 0.285 e. The summed E-state index contributed by atoms with van der Waals surface area (Å²) in [4.78, 5) is 46.9. The van der Waals surface area contributed by atoms with Crippen LogP contribution in [0, 0.1) is 18.3 Å². The highest BCUT2D eigenvalue weighted by atomic mass is 16.2. The number of aryl methyl sites for hydroxylation is 1. The molecule has 2 saturated heterocycles. The van der Waals surface area contributed by atoms with Crippen LogP contribution in [0.1, 0.15) is 48.2 Å². The predicted molar refractivity (Wildman–Crippen MR) is 102 cm³/mol. The average molecular weight is 383 g/mol. The van der Waals surface area contributed by atoms with Gasteiger partial charge < -0.3 is 9.80 Å². The second-order valence-electron chi connectivity index (χ2n) is 8.66. The number of fused-ring (bicyclic) bond motifs is 1. The van der Waals surface area contributed by atoms with E-state index in [9.17, 15) is 14.4 Å². The quantitative estimate of drug-likeness (QED) is 0.862. The summed E-state index contributed by atoms with van der Waals surface area (Å²) in [6.45, 7) is 4.44. The standard InChI is InChI=1S/C20H25N5O3/c1-13-9-16-21-10-15(18(27)25(16)22-13)17(26)24-8-6-20(12-24)5-2-7-23(19(20)28)11-14-3-4-14/h9-10,14,22H,2-8,11-12H2,1H3/t20-/m0/s1. The first kappa shape index (κ1) is 17.5. The summed E-state index contributed by atoms with van der Waals surface area (Å²) in [5, 5.41) is 2.92. The molecule has 5 rings (SSSR count). The van der Waals surface area contributed by atoms with E-state index in [0.717, 1.165) is 31.6 Å². The molecule has 148 valence electrons. The lowest BCUT2D eigenvalue weighted by atomic mass is 9.78. The van der Waals surface area contributed by atoms with E-state index in [4.69, 9.17) is 0 Å². The number of hydrogen-bond donors (Lipinski definition) is 1. The number of nitrogens with zero attached hydrogens (tertiary/aromatic N) is 4. The Hall–Kier alpha value is -2.64. The van der Waals surface area contributed by atoms with Gasteiger partial charge in [-0.3, -0.25) is 19.5 Å². The number of H-pyrrole nitrogens is 1. The Morgan fingerprint density at radius 3 is 2.89 bits per heavy atom. The maximum Gasteiger partial charge on any atom is 0.285 e. The highest BCUT2D eigenvalue weighted by Crippen LogP contribution is 2.41. The van der Waals surface area contributed by atoms with Crippen molar-refractivity contribution in [1.29, 1.82) is 0 Å². The van der Waals surface area contributed by atoms with Crippen molar-refractivity contribution in [2.24, 2.45) is 11.3 Å². The topological polar surface area (TPSA) is 90.8 Å². The lowest BCUT2D eigenvalue weighted by Crippen LogP contribution is -2.51. The van der Waals surface area contributed by atoms with Crippen molar-refractivity contribution >= 4 is 17.5 Å². The van der Waals surface area contributed by atoms with Crippen molar-refractivity contribution in [1.82, 2.24) is 24.4 Å². The molecule has 1 aliphatic carbocycles. The highest BCUT2D eigenvalue weighted by molar-refractivity contribution is 5.95. The maximum atomic E-state index is 13.2. The van der Waals surface area contributed by atoms with Crippen molar-refractivity contribution in [3.8, 4) is 0 Å². The molecule has 28 heavy (non-hydrogen) atoms. The van der Waals surface area contributed by atoms with Crippen LogP contribution < -0.4 is 5.56 Å². The van der Waals surface area contributed by atoms with Gasteiger partial charge in [0.2, 0.25) is 5.91 Å². The third kappa shape index (κ3) is 2.73. The number of likely N-dealkylation sites (tertiary alicyclic amines) is 2. The van der Waals surface area contributed by atoms with Gasteiger partial charge in [0, 0.05) is 44.1 Å². The zero-order valence-electron chi connectivity index (χ0n) is 16.1. The first-order valence-corrected chi connectivity index (χ1v) is 10.1. The van der Waals surface area contributed by atoms with Crippen LogP contribution in [0.4, 0.5) is 0 Å². The van der Waals surface area contributed by atoms with Crippen molar-refractivity contribution < 1.29 is 9.59 Å². The van der Waals surface area contributed by atoms with Gasteiger partial charge in [-0.25, -0.2) is 9.50 Å². The van der Waals surface area contributed by atoms with Crippen LogP contribution in [0.3, 0.4) is 0 Å². The fourth-order valence-electron chi connectivity index (χ4n) is 4.76. The monoisotopic (exact) mass is 383 g/mol. The van der Waals surface area contributed by atoms with Gasteiger partial charge in [-0.2, -0.15) is 0 Å². The molecule has 2 aromatic rings. The van der Waals surface area contributed by atoms with Crippen molar-refractivity contribution in [2.75, 3.05) is 26.2 Å². The summed E-state index contributed by atoms with van der Waals surface area (Å²) in [5.41, 5.74) is 0.483. The number of hydrogen-bond acceptors (Lipinski definition) is 4. The van der Waals surface area contributed by atoms with Crippen molar-refractivity contribution in [3.63, 3.8) is 0 Å². The Morgan fingerprint density at radius 1 is 1.29 bits per heavy atom. The molecular formula is C20H25N5O3. The van der Waals surface area contributed by atoms with Gasteiger partial charge in [0.1, 0.15) is 5.56 Å². The number of aromatic nitrogens is 3. The SMILES string of the molecule is Cc1cc2ncc(C(=O)N3CC[C@@]4(CCCN(CC5CC5)C4=O)C3)c(=O)n2[nH]1. The number of aromatic amines is 1. The minimum Gasteiger partial charge on any atom is -0.342 e. The average Bonchev–Trinajstić information content (AvgIpc) is 3.25. The molecule has 1 spiro atoms. The predicted octanol–water partition coefficient (Wildman–Crippen LogP) is 1.20. The summed E-state index contributed by atoms with van der Waals surface area (Å²) < 4.78 is 1.30. The van der Waals surface area contributed by atoms with E-state index in [1.54, 1.807) is 11.0 Å². The molecule has 0 unspecified atom stereocenters. The number of rotatable bonds is 3. The van der Waals surface area contributed by atoms with Crippen LogP contribution in [0.25, 0.3) is 5.65 Å². The van der Waals surface area contributed by atoms with Gasteiger partial charge in [-0.05, 0) is 44.9 Å². The summed E-state index contributed by atoms with van der Waals surface area (Å²) >= 11 is 0. The van der Waals surface area contributed by atoms with E-state index < -0.39 is 11.0 Å². The summed E-state index contributed by atoms with van der Waals surface area (Å²) in [6.07, 6.45) is 6.29. The number of piperidine rings is 1. The third-order valence-electron chi connectivity index (χ3n) is 6.49. The molecule has 0 bridgehead atoms. The Balaban J connectivity index is 1.38. The van der Waals surface area contributed by atoms with E-state index in [0.29, 0.717) is 31.1 Å². The fourth-order valence-corrected chi connectivity index (χ4v) is 4.76. The van der Waals surface area contributed by atoms with Gasteiger partial charge in [0.25, 0.3) is 11.5 Å². The lowest BCUT2D eigenvalue weighted by molar-refractivity contribution is -0.145. The van der Waals surface area contributed by atoms with E-state index in [-0.39, 0.29) is 17.4 Å². The van der Waals surface area contributed by atoms with Crippen LogP contribution in [-0.4, -0.2) is 62.4 Å². The Labute approximate surface area is 162 Å². The largest absolute Gasteiger partial charge is 0.342 e. The first-order valence-electron chi connectivity index (χ1n) is 10.1. The molecule has 1 atom stereocenters. The van der Waals surface area contributed by atoms with Gasteiger partial charge >= 0.3 is 0 Å². The molecule has 8 heteroatoms. The van der Waals surface area contributed by atoms with E-state index in [2.05, 4.69) is 10.1 Å². The minimum absolute atomic E-state index is 0.0505. The molecule has 4 heterocycles. The van der Waals surface area contributed by atoms with Crippen molar-refractivity contribution in [2.45, 2.75) is 39.0 Å². The van der Waals surface area contributed by atoms with Crippen LogP contribution in [-0.2, 0) is 4.79 Å². The normalized spacial score (nSPS) is 25.2. The number of nitrogens with one attached hydrogen (secondary N) is 1. The number of carbonyl (C=O) groups is 2. The van der Waals surface area contributed by atoms with Crippen LogP contribution >= 0.6 is 0 Å². The Bertz CT molecular complexity index is 1020. The zero-order chi connectivity index (χ0) is 19.5. The number of amides is 2. The fraction of sp³-hybridized carbons (Fsp3) is 0.600. The Morgan fingerprint density at radius 2 is 2.11 bits per heavy atom. The van der Waals surface area contributed by atoms with Crippen LogP contribution in [0.5, 0.6) is 0 Å². The molecular weight excluding hydrogens is 358 g/mol. The summed E-state index contributed by atoms with van der Waals surface area (Å²) in [5.74, 6) is 0.537. The molecule has 1 saturated carbocycles. The number of carbonyl (C=O) groups excluding carboxylic acids is 2. The molecule has 0 aromatic carbocycles. The van der Waals surface area contributed by atoms with Gasteiger partial charge in [-0.1, -0.05) is 0 Å². The van der Waals surface area contributed by atoms with E-state index >= 15 is 0 Å². The summed E-state index contributed by atoms with van der Waals surface area (Å²) in [6, 6.07) is 1.76. The second-order valence-corrected chi connectivity index (χ2v) is 8.66. The van der Waals surface area contributed by atoms with Crippen LogP contribution in [0.2, 0.25) is 0 Å².